The number of aliphatic carboxylic acids is 1. The summed E-state index contributed by atoms with van der Waals surface area (Å²) in [6, 6.07) is 0. The highest BCUT2D eigenvalue weighted by Crippen LogP contribution is 2.13. The fourth-order valence-corrected chi connectivity index (χ4v) is 2.58. The lowest BCUT2D eigenvalue weighted by molar-refractivity contribution is -0.138. The van der Waals surface area contributed by atoms with Crippen molar-refractivity contribution in [1.29, 1.82) is 0 Å². The van der Waals surface area contributed by atoms with Gasteiger partial charge in [-0.25, -0.2) is 4.98 Å². The van der Waals surface area contributed by atoms with Crippen LogP contribution in [0.4, 0.5) is 5.95 Å². The topological polar surface area (TPSA) is 82.5 Å². The summed E-state index contributed by atoms with van der Waals surface area (Å²) in [4.78, 5) is 19.5. The number of hydrogen-bond acceptors (Lipinski definition) is 6. The number of hydrogen-bond donors (Lipinski definition) is 1. The van der Waals surface area contributed by atoms with Gasteiger partial charge in [-0.2, -0.15) is 5.10 Å². The molecule has 7 nitrogen and oxygen atoms in total. The first kappa shape index (κ1) is 15.6. The van der Waals surface area contributed by atoms with E-state index >= 15 is 0 Å². The molecule has 0 aromatic carbocycles. The van der Waals surface area contributed by atoms with E-state index in [1.54, 1.807) is 0 Å². The molecule has 0 unspecified atom stereocenters. The van der Waals surface area contributed by atoms with E-state index in [0.717, 1.165) is 50.3 Å². The molecule has 0 spiro atoms. The largest absolute Gasteiger partial charge is 0.480 e. The fourth-order valence-electron chi connectivity index (χ4n) is 2.58. The molecule has 1 fully saturated rings. The summed E-state index contributed by atoms with van der Waals surface area (Å²) in [6.45, 7) is 7.32. The number of rotatable bonds is 5. The van der Waals surface area contributed by atoms with Crippen molar-refractivity contribution in [3.8, 4) is 0 Å². The highest BCUT2D eigenvalue weighted by Gasteiger charge is 2.19. The Morgan fingerprint density at radius 1 is 1.10 bits per heavy atom. The normalized spacial score (nSPS) is 16.8. The predicted octanol–water partition coefficient (Wildman–Crippen LogP) is 0.593. The lowest BCUT2D eigenvalue weighted by Crippen LogP contribution is -2.34. The Kier molecular flexibility index (Phi) is 5.44. The van der Waals surface area contributed by atoms with Gasteiger partial charge < -0.3 is 10.0 Å². The van der Waals surface area contributed by atoms with Crippen LogP contribution >= 0.6 is 0 Å². The predicted molar refractivity (Wildman–Crippen MR) is 79.5 cm³/mol. The summed E-state index contributed by atoms with van der Waals surface area (Å²) < 4.78 is 0. The second-order valence-electron chi connectivity index (χ2n) is 5.22. The molecular formula is C14H23N5O2. The van der Waals surface area contributed by atoms with Crippen LogP contribution in [-0.4, -0.2) is 63.9 Å². The highest BCUT2D eigenvalue weighted by molar-refractivity contribution is 5.69. The van der Waals surface area contributed by atoms with Crippen LogP contribution in [0.25, 0.3) is 0 Å². The molecular weight excluding hydrogens is 270 g/mol. The second-order valence-corrected chi connectivity index (χ2v) is 5.22. The molecule has 0 bridgehead atoms. The van der Waals surface area contributed by atoms with E-state index in [1.807, 2.05) is 4.90 Å². The first-order chi connectivity index (χ1) is 10.1. The van der Waals surface area contributed by atoms with Crippen molar-refractivity contribution in [2.75, 3.05) is 37.6 Å². The Morgan fingerprint density at radius 2 is 1.86 bits per heavy atom. The zero-order valence-corrected chi connectivity index (χ0v) is 12.7. The maximum atomic E-state index is 10.8. The lowest BCUT2D eigenvalue weighted by atomic mass is 10.2. The molecule has 1 saturated heterocycles. The smallest absolute Gasteiger partial charge is 0.317 e. The van der Waals surface area contributed by atoms with Gasteiger partial charge in [0, 0.05) is 26.2 Å². The van der Waals surface area contributed by atoms with Crippen molar-refractivity contribution in [3.63, 3.8) is 0 Å². The van der Waals surface area contributed by atoms with Gasteiger partial charge in [0.2, 0.25) is 5.95 Å². The molecule has 2 rings (SSSR count). The SMILES string of the molecule is CCc1nnc(N2CCCN(CC(=O)O)CC2)nc1CC. The Hall–Kier alpha value is -1.76. The molecule has 21 heavy (non-hydrogen) atoms. The van der Waals surface area contributed by atoms with Gasteiger partial charge in [-0.05, 0) is 19.3 Å². The van der Waals surface area contributed by atoms with E-state index in [2.05, 4.69) is 33.9 Å². The van der Waals surface area contributed by atoms with Crippen molar-refractivity contribution >= 4 is 11.9 Å². The zero-order valence-electron chi connectivity index (χ0n) is 12.7. The molecule has 7 heteroatoms. The Bertz CT molecular complexity index is 494. The lowest BCUT2D eigenvalue weighted by Gasteiger charge is -2.21. The van der Waals surface area contributed by atoms with Gasteiger partial charge in [0.15, 0.2) is 0 Å². The van der Waals surface area contributed by atoms with Gasteiger partial charge in [-0.15, -0.1) is 5.10 Å². The molecule has 1 aliphatic heterocycles. The van der Waals surface area contributed by atoms with Crippen molar-refractivity contribution in [2.24, 2.45) is 0 Å². The van der Waals surface area contributed by atoms with Gasteiger partial charge in [0.25, 0.3) is 0 Å². The van der Waals surface area contributed by atoms with E-state index in [9.17, 15) is 4.79 Å². The van der Waals surface area contributed by atoms with Crippen LogP contribution in [0.5, 0.6) is 0 Å². The molecule has 0 aliphatic carbocycles. The summed E-state index contributed by atoms with van der Waals surface area (Å²) in [5, 5.41) is 17.4. The Balaban J connectivity index is 2.06. The van der Waals surface area contributed by atoms with E-state index in [4.69, 9.17) is 5.11 Å². The molecule has 0 saturated carbocycles. The fraction of sp³-hybridized carbons (Fsp3) is 0.714. The third-order valence-corrected chi connectivity index (χ3v) is 3.73. The van der Waals surface area contributed by atoms with Gasteiger partial charge in [0.05, 0.1) is 17.9 Å². The number of anilines is 1. The number of aryl methyl sites for hydroxylation is 2. The third-order valence-electron chi connectivity index (χ3n) is 3.73. The number of carbonyl (C=O) groups is 1. The molecule has 1 aliphatic rings. The van der Waals surface area contributed by atoms with Crippen LogP contribution < -0.4 is 4.90 Å². The summed E-state index contributed by atoms with van der Waals surface area (Å²) in [5.74, 6) is -0.108. The third kappa shape index (κ3) is 4.10. The minimum Gasteiger partial charge on any atom is -0.480 e. The molecule has 1 N–H and O–H groups in total. The quantitative estimate of drug-likeness (QED) is 0.851. The second kappa shape index (κ2) is 7.31. The van der Waals surface area contributed by atoms with Crippen LogP contribution in [0, 0.1) is 0 Å². The number of aromatic nitrogens is 3. The van der Waals surface area contributed by atoms with Gasteiger partial charge in [-0.1, -0.05) is 13.8 Å². The van der Waals surface area contributed by atoms with Crippen LogP contribution in [0.1, 0.15) is 31.7 Å². The van der Waals surface area contributed by atoms with Crippen molar-refractivity contribution < 1.29 is 9.90 Å². The standard InChI is InChI=1S/C14H23N5O2/c1-3-11-12(4-2)16-17-14(15-11)19-7-5-6-18(8-9-19)10-13(20)21/h3-10H2,1-2H3,(H,20,21). The number of nitrogens with zero attached hydrogens (tertiary/aromatic N) is 5. The van der Waals surface area contributed by atoms with Crippen molar-refractivity contribution in [3.05, 3.63) is 11.4 Å². The summed E-state index contributed by atoms with van der Waals surface area (Å²) >= 11 is 0. The first-order valence-electron chi connectivity index (χ1n) is 7.55. The maximum Gasteiger partial charge on any atom is 0.317 e. The molecule has 0 amide bonds. The molecule has 116 valence electrons. The summed E-state index contributed by atoms with van der Waals surface area (Å²) in [6.07, 6.45) is 2.61. The minimum atomic E-state index is -0.776. The highest BCUT2D eigenvalue weighted by atomic mass is 16.4. The summed E-state index contributed by atoms with van der Waals surface area (Å²) in [5.41, 5.74) is 1.97. The van der Waals surface area contributed by atoms with Crippen LogP contribution in [0.2, 0.25) is 0 Å². The van der Waals surface area contributed by atoms with Crippen LogP contribution in [0.15, 0.2) is 0 Å². The van der Waals surface area contributed by atoms with E-state index in [1.165, 1.54) is 0 Å². The van der Waals surface area contributed by atoms with E-state index in [0.29, 0.717) is 12.5 Å². The van der Waals surface area contributed by atoms with Crippen LogP contribution in [-0.2, 0) is 17.6 Å². The van der Waals surface area contributed by atoms with Crippen molar-refractivity contribution in [1.82, 2.24) is 20.1 Å². The van der Waals surface area contributed by atoms with Gasteiger partial charge in [0.1, 0.15) is 0 Å². The average molecular weight is 293 g/mol. The number of carboxylic acids is 1. The first-order valence-corrected chi connectivity index (χ1v) is 7.55. The van der Waals surface area contributed by atoms with Crippen LogP contribution in [0.3, 0.4) is 0 Å². The maximum absolute atomic E-state index is 10.8. The molecule has 1 aromatic heterocycles. The zero-order chi connectivity index (χ0) is 15.2. The number of carboxylic acid groups (broad SMARTS) is 1. The molecule has 0 atom stereocenters. The van der Waals surface area contributed by atoms with E-state index in [-0.39, 0.29) is 6.54 Å². The Morgan fingerprint density at radius 3 is 2.52 bits per heavy atom. The Labute approximate surface area is 125 Å². The molecule has 0 radical (unpaired) electrons. The van der Waals surface area contributed by atoms with Gasteiger partial charge >= 0.3 is 5.97 Å². The van der Waals surface area contributed by atoms with Gasteiger partial charge in [-0.3, -0.25) is 9.69 Å². The monoisotopic (exact) mass is 293 g/mol. The van der Waals surface area contributed by atoms with E-state index < -0.39 is 5.97 Å². The van der Waals surface area contributed by atoms with Crippen molar-refractivity contribution in [2.45, 2.75) is 33.1 Å². The average Bonchev–Trinajstić information content (AvgIpc) is 2.71. The summed E-state index contributed by atoms with van der Waals surface area (Å²) in [7, 11) is 0. The minimum absolute atomic E-state index is 0.0991. The molecule has 1 aromatic rings. The molecule has 2 heterocycles.